The summed E-state index contributed by atoms with van der Waals surface area (Å²) < 4.78 is 0. The van der Waals surface area contributed by atoms with Crippen molar-refractivity contribution in [2.24, 2.45) is 11.8 Å². The topological polar surface area (TPSA) is 37.3 Å². The third-order valence-electron chi connectivity index (χ3n) is 3.61. The van der Waals surface area contributed by atoms with Crippen LogP contribution in [0.2, 0.25) is 0 Å². The molecular weight excluding hydrogens is 200 g/mol. The van der Waals surface area contributed by atoms with E-state index >= 15 is 0 Å². The van der Waals surface area contributed by atoms with Gasteiger partial charge >= 0.3 is 0 Å². The Morgan fingerprint density at radius 3 is 2.75 bits per heavy atom. The number of carbonyl (C=O) groups excluding carboxylic acids is 1. The fourth-order valence-electron chi connectivity index (χ4n) is 2.71. The molecule has 90 valence electrons. The molecule has 1 fully saturated rings. The fraction of sp³-hybridized carbons (Fsp3) is 0.643. The summed E-state index contributed by atoms with van der Waals surface area (Å²) in [6, 6.07) is 0. The quantitative estimate of drug-likeness (QED) is 0.726. The van der Waals surface area contributed by atoms with E-state index in [1.54, 1.807) is 13.0 Å². The monoisotopic (exact) mass is 222 g/mol. The maximum Gasteiger partial charge on any atom is 0.139 e. The first-order valence-corrected chi connectivity index (χ1v) is 5.91. The van der Waals surface area contributed by atoms with Crippen LogP contribution in [0.4, 0.5) is 0 Å². The summed E-state index contributed by atoms with van der Waals surface area (Å²) >= 11 is 0. The normalized spacial score (nSPS) is 33.7. The van der Waals surface area contributed by atoms with E-state index in [9.17, 15) is 9.90 Å². The number of hydrogen-bond acceptors (Lipinski definition) is 2. The number of aliphatic hydroxyl groups is 1. The van der Waals surface area contributed by atoms with E-state index in [4.69, 9.17) is 0 Å². The lowest BCUT2D eigenvalue weighted by Crippen LogP contribution is -2.38. The Labute approximate surface area is 98.1 Å². The Kier molecular flexibility index (Phi) is 4.09. The molecule has 0 aromatic carbocycles. The van der Waals surface area contributed by atoms with Gasteiger partial charge in [0.1, 0.15) is 5.78 Å². The van der Waals surface area contributed by atoms with Crippen molar-refractivity contribution in [2.75, 3.05) is 0 Å². The van der Waals surface area contributed by atoms with Gasteiger partial charge in [-0.05, 0) is 39.0 Å². The molecule has 0 aromatic rings. The molecule has 0 amide bonds. The summed E-state index contributed by atoms with van der Waals surface area (Å²) in [7, 11) is 0. The Bertz CT molecular complexity index is 302. The third-order valence-corrected chi connectivity index (χ3v) is 3.61. The standard InChI is InChI=1S/C14H22O2/c1-5-6-7-12(15)13-11(10(2)3)8-9-14(13,4)16/h5,11,13,16H,1-2,6-9H2,3-4H3/t11-,13+,14+/m0/s1. The van der Waals surface area contributed by atoms with Gasteiger partial charge in [-0.3, -0.25) is 4.79 Å². The molecule has 0 aromatic heterocycles. The second-order valence-corrected chi connectivity index (χ2v) is 5.12. The van der Waals surface area contributed by atoms with Crippen molar-refractivity contribution in [3.8, 4) is 0 Å². The Morgan fingerprint density at radius 2 is 2.25 bits per heavy atom. The van der Waals surface area contributed by atoms with Crippen LogP contribution >= 0.6 is 0 Å². The number of ketones is 1. The van der Waals surface area contributed by atoms with Gasteiger partial charge < -0.3 is 5.11 Å². The molecule has 0 aliphatic heterocycles. The number of rotatable bonds is 5. The van der Waals surface area contributed by atoms with Crippen LogP contribution in [-0.4, -0.2) is 16.5 Å². The molecule has 3 atom stereocenters. The van der Waals surface area contributed by atoms with Crippen molar-refractivity contribution in [3.63, 3.8) is 0 Å². The zero-order chi connectivity index (χ0) is 12.3. The molecule has 1 N–H and O–H groups in total. The maximum atomic E-state index is 12.1. The number of carbonyl (C=O) groups is 1. The van der Waals surface area contributed by atoms with Gasteiger partial charge in [-0.25, -0.2) is 0 Å². The minimum absolute atomic E-state index is 0.146. The molecule has 0 unspecified atom stereocenters. The molecule has 0 saturated heterocycles. The van der Waals surface area contributed by atoms with Crippen LogP contribution in [0.3, 0.4) is 0 Å². The lowest BCUT2D eigenvalue weighted by Gasteiger charge is -2.28. The second-order valence-electron chi connectivity index (χ2n) is 5.12. The highest BCUT2D eigenvalue weighted by molar-refractivity contribution is 5.83. The van der Waals surface area contributed by atoms with Crippen molar-refractivity contribution < 1.29 is 9.90 Å². The number of Topliss-reactive ketones (excluding diaryl/α,β-unsaturated/α-hetero) is 1. The first-order chi connectivity index (χ1) is 7.40. The van der Waals surface area contributed by atoms with Gasteiger partial charge in [0.25, 0.3) is 0 Å². The van der Waals surface area contributed by atoms with Gasteiger partial charge in [-0.1, -0.05) is 18.2 Å². The molecule has 0 bridgehead atoms. The average molecular weight is 222 g/mol. The summed E-state index contributed by atoms with van der Waals surface area (Å²) in [5.74, 6) is 0.0210. The minimum Gasteiger partial charge on any atom is -0.389 e. The zero-order valence-corrected chi connectivity index (χ0v) is 10.3. The van der Waals surface area contributed by atoms with Crippen LogP contribution < -0.4 is 0 Å². The van der Waals surface area contributed by atoms with E-state index < -0.39 is 5.60 Å². The molecule has 2 nitrogen and oxygen atoms in total. The number of allylic oxidation sites excluding steroid dienone is 2. The summed E-state index contributed by atoms with van der Waals surface area (Å²) in [4.78, 5) is 12.1. The van der Waals surface area contributed by atoms with Crippen LogP contribution in [-0.2, 0) is 4.79 Å². The molecule has 0 spiro atoms. The van der Waals surface area contributed by atoms with Gasteiger partial charge in [0.05, 0.1) is 11.5 Å². The highest BCUT2D eigenvalue weighted by Gasteiger charge is 2.47. The minimum atomic E-state index is -0.859. The van der Waals surface area contributed by atoms with E-state index in [0.717, 1.165) is 12.0 Å². The summed E-state index contributed by atoms with van der Waals surface area (Å²) in [5, 5.41) is 10.3. The van der Waals surface area contributed by atoms with Crippen LogP contribution in [0.15, 0.2) is 24.8 Å². The molecule has 16 heavy (non-hydrogen) atoms. The average Bonchev–Trinajstić information content (AvgIpc) is 2.50. The lowest BCUT2D eigenvalue weighted by molar-refractivity contribution is -0.130. The molecular formula is C14H22O2. The second kappa shape index (κ2) is 4.96. The van der Waals surface area contributed by atoms with Crippen molar-refractivity contribution in [3.05, 3.63) is 24.8 Å². The molecule has 1 rings (SSSR count). The molecule has 0 heterocycles. The molecule has 1 aliphatic rings. The molecule has 2 heteroatoms. The SMILES string of the molecule is C=CCCC(=O)[C@H]1[C@H](C(=C)C)CC[C@@]1(C)O. The summed E-state index contributed by atoms with van der Waals surface area (Å²) in [6.07, 6.45) is 4.47. The van der Waals surface area contributed by atoms with Crippen molar-refractivity contribution in [1.82, 2.24) is 0 Å². The summed E-state index contributed by atoms with van der Waals surface area (Å²) in [5.41, 5.74) is 0.150. The first kappa shape index (κ1) is 13.2. The smallest absolute Gasteiger partial charge is 0.139 e. The highest BCUT2D eigenvalue weighted by Crippen LogP contribution is 2.44. The van der Waals surface area contributed by atoms with Crippen molar-refractivity contribution in [1.29, 1.82) is 0 Å². The predicted molar refractivity (Wildman–Crippen MR) is 66.1 cm³/mol. The lowest BCUT2D eigenvalue weighted by atomic mass is 9.79. The van der Waals surface area contributed by atoms with Crippen molar-refractivity contribution in [2.45, 2.75) is 45.1 Å². The predicted octanol–water partition coefficient (Wildman–Crippen LogP) is 2.88. The van der Waals surface area contributed by atoms with Gasteiger partial charge in [0, 0.05) is 6.42 Å². The van der Waals surface area contributed by atoms with E-state index in [1.807, 2.05) is 6.92 Å². The molecule has 0 radical (unpaired) electrons. The largest absolute Gasteiger partial charge is 0.389 e. The Morgan fingerprint density at radius 1 is 1.62 bits per heavy atom. The first-order valence-electron chi connectivity index (χ1n) is 5.91. The maximum absolute atomic E-state index is 12.1. The molecule has 1 saturated carbocycles. The van der Waals surface area contributed by atoms with Gasteiger partial charge in [0.2, 0.25) is 0 Å². The van der Waals surface area contributed by atoms with E-state index in [1.165, 1.54) is 0 Å². The summed E-state index contributed by atoms with van der Waals surface area (Å²) in [6.45, 7) is 11.3. The third kappa shape index (κ3) is 2.62. The van der Waals surface area contributed by atoms with Crippen LogP contribution in [0.5, 0.6) is 0 Å². The highest BCUT2D eigenvalue weighted by atomic mass is 16.3. The Balaban J connectivity index is 2.82. The van der Waals surface area contributed by atoms with Crippen LogP contribution in [0.25, 0.3) is 0 Å². The van der Waals surface area contributed by atoms with E-state index in [2.05, 4.69) is 13.2 Å². The van der Waals surface area contributed by atoms with Crippen molar-refractivity contribution >= 4 is 5.78 Å². The van der Waals surface area contributed by atoms with E-state index in [-0.39, 0.29) is 17.6 Å². The Hall–Kier alpha value is -0.890. The van der Waals surface area contributed by atoms with E-state index in [0.29, 0.717) is 19.3 Å². The zero-order valence-electron chi connectivity index (χ0n) is 10.3. The van der Waals surface area contributed by atoms with Gasteiger partial charge in [-0.2, -0.15) is 0 Å². The molecule has 1 aliphatic carbocycles. The van der Waals surface area contributed by atoms with Crippen LogP contribution in [0, 0.1) is 11.8 Å². The number of hydrogen-bond donors (Lipinski definition) is 1. The fourth-order valence-corrected chi connectivity index (χ4v) is 2.71. The van der Waals surface area contributed by atoms with Gasteiger partial charge in [-0.15, -0.1) is 6.58 Å². The van der Waals surface area contributed by atoms with Gasteiger partial charge in [0.15, 0.2) is 0 Å². The van der Waals surface area contributed by atoms with Crippen LogP contribution in [0.1, 0.15) is 39.5 Å².